The monoisotopic (exact) mass is 332 g/mol. The van der Waals surface area contributed by atoms with Crippen LogP contribution in [0.3, 0.4) is 0 Å². The lowest BCUT2D eigenvalue weighted by Gasteiger charge is -2.13. The second kappa shape index (κ2) is 6.53. The van der Waals surface area contributed by atoms with Gasteiger partial charge in [-0.05, 0) is 18.2 Å². The normalized spacial score (nSPS) is 12.4. The predicted octanol–water partition coefficient (Wildman–Crippen LogP) is 0.418. The highest BCUT2D eigenvalue weighted by Crippen LogP contribution is 2.22. The van der Waals surface area contributed by atoms with E-state index in [2.05, 4.69) is 0 Å². The maximum atomic E-state index is 12.1. The third-order valence-corrected chi connectivity index (χ3v) is 4.28. The molecule has 0 aliphatic heterocycles. The molecule has 1 rings (SSSR count). The summed E-state index contributed by atoms with van der Waals surface area (Å²) in [5, 5.41) is 25.9. The van der Waals surface area contributed by atoms with Crippen LogP contribution >= 0.6 is 11.6 Å². The molecule has 0 aliphatic carbocycles. The molecule has 0 heterocycles. The SMILES string of the molecule is N#Cc1ccc(Cl)c(S(=O)(=O)NC(CC(=O)O)C(=O)O)c1. The zero-order valence-electron chi connectivity index (χ0n) is 10.3. The van der Waals surface area contributed by atoms with Gasteiger partial charge in [0.05, 0.1) is 23.1 Å². The summed E-state index contributed by atoms with van der Waals surface area (Å²) in [6.07, 6.45) is -0.940. The summed E-state index contributed by atoms with van der Waals surface area (Å²) in [6.45, 7) is 0. The summed E-state index contributed by atoms with van der Waals surface area (Å²) in [6, 6.07) is 3.28. The van der Waals surface area contributed by atoms with E-state index in [1.807, 2.05) is 0 Å². The number of aliphatic carboxylic acids is 2. The molecule has 1 unspecified atom stereocenters. The molecule has 1 aromatic carbocycles. The number of rotatable bonds is 6. The number of hydrogen-bond acceptors (Lipinski definition) is 5. The van der Waals surface area contributed by atoms with Crippen molar-refractivity contribution in [3.63, 3.8) is 0 Å². The summed E-state index contributed by atoms with van der Waals surface area (Å²) < 4.78 is 25.8. The fraction of sp³-hybridized carbons (Fsp3) is 0.182. The maximum absolute atomic E-state index is 12.1. The average molecular weight is 333 g/mol. The van der Waals surface area contributed by atoms with Crippen molar-refractivity contribution in [1.82, 2.24) is 4.72 Å². The summed E-state index contributed by atoms with van der Waals surface area (Å²) >= 11 is 5.71. The van der Waals surface area contributed by atoms with Crippen molar-refractivity contribution in [2.45, 2.75) is 17.4 Å². The van der Waals surface area contributed by atoms with Gasteiger partial charge >= 0.3 is 11.9 Å². The van der Waals surface area contributed by atoms with Crippen molar-refractivity contribution in [1.29, 1.82) is 5.26 Å². The van der Waals surface area contributed by atoms with Crippen LogP contribution in [0.1, 0.15) is 12.0 Å². The highest BCUT2D eigenvalue weighted by Gasteiger charge is 2.29. The van der Waals surface area contributed by atoms with E-state index >= 15 is 0 Å². The minimum absolute atomic E-state index is 0.00452. The Balaban J connectivity index is 3.19. The number of nitriles is 1. The van der Waals surface area contributed by atoms with Crippen molar-refractivity contribution < 1.29 is 28.2 Å². The van der Waals surface area contributed by atoms with E-state index in [9.17, 15) is 18.0 Å². The quantitative estimate of drug-likeness (QED) is 0.684. The van der Waals surface area contributed by atoms with Gasteiger partial charge in [0.1, 0.15) is 10.9 Å². The van der Waals surface area contributed by atoms with Crippen LogP contribution in [0.5, 0.6) is 0 Å². The van der Waals surface area contributed by atoms with Crippen LogP contribution in [-0.2, 0) is 19.6 Å². The molecule has 1 atom stereocenters. The van der Waals surface area contributed by atoms with Gasteiger partial charge in [0.25, 0.3) is 0 Å². The molecule has 0 saturated carbocycles. The van der Waals surface area contributed by atoms with E-state index in [0.29, 0.717) is 0 Å². The zero-order chi connectivity index (χ0) is 16.2. The van der Waals surface area contributed by atoms with Crippen molar-refractivity contribution >= 4 is 33.6 Å². The van der Waals surface area contributed by atoms with Crippen LogP contribution in [-0.4, -0.2) is 36.6 Å². The highest BCUT2D eigenvalue weighted by atomic mass is 35.5. The second-order valence-corrected chi connectivity index (χ2v) is 5.96. The molecule has 0 spiro atoms. The van der Waals surface area contributed by atoms with Crippen LogP contribution in [0.25, 0.3) is 0 Å². The standard InChI is InChI=1S/C11H9ClN2O6S/c12-7-2-1-6(5-13)3-9(7)21(19,20)14-8(11(17)18)4-10(15)16/h1-3,8,14H,4H2,(H,15,16)(H,17,18). The van der Waals surface area contributed by atoms with Crippen molar-refractivity contribution in [2.24, 2.45) is 0 Å². The molecule has 21 heavy (non-hydrogen) atoms. The van der Waals surface area contributed by atoms with Gasteiger partial charge in [0.15, 0.2) is 0 Å². The van der Waals surface area contributed by atoms with Gasteiger partial charge in [0.2, 0.25) is 10.0 Å². The lowest BCUT2D eigenvalue weighted by Crippen LogP contribution is -2.42. The Kier molecular flexibility index (Phi) is 5.26. The molecule has 0 aromatic heterocycles. The smallest absolute Gasteiger partial charge is 0.322 e. The number of halogens is 1. The van der Waals surface area contributed by atoms with E-state index in [-0.39, 0.29) is 10.6 Å². The van der Waals surface area contributed by atoms with Crippen LogP contribution in [0.4, 0.5) is 0 Å². The summed E-state index contributed by atoms with van der Waals surface area (Å²) in [4.78, 5) is 20.9. The number of hydrogen-bond donors (Lipinski definition) is 3. The largest absolute Gasteiger partial charge is 0.481 e. The van der Waals surface area contributed by atoms with Crippen molar-refractivity contribution in [3.8, 4) is 6.07 Å². The average Bonchev–Trinajstić information content (AvgIpc) is 2.37. The van der Waals surface area contributed by atoms with Gasteiger partial charge in [-0.3, -0.25) is 9.59 Å². The second-order valence-electron chi connectivity index (χ2n) is 3.87. The van der Waals surface area contributed by atoms with E-state index in [4.69, 9.17) is 27.1 Å². The fourth-order valence-electron chi connectivity index (χ4n) is 1.38. The molecular weight excluding hydrogens is 324 g/mol. The molecule has 10 heteroatoms. The third kappa shape index (κ3) is 4.42. The summed E-state index contributed by atoms with van der Waals surface area (Å²) in [7, 11) is -4.39. The molecule has 0 amide bonds. The number of carbonyl (C=O) groups is 2. The number of carboxylic acids is 2. The number of carboxylic acid groups (broad SMARTS) is 2. The van der Waals surface area contributed by atoms with Gasteiger partial charge in [0, 0.05) is 0 Å². The lowest BCUT2D eigenvalue weighted by molar-refractivity contribution is -0.145. The Morgan fingerprint density at radius 2 is 2.00 bits per heavy atom. The molecule has 0 bridgehead atoms. The molecule has 3 N–H and O–H groups in total. The van der Waals surface area contributed by atoms with E-state index in [1.165, 1.54) is 12.1 Å². The Hall–Kier alpha value is -2.15. The van der Waals surface area contributed by atoms with Crippen LogP contribution in [0.2, 0.25) is 5.02 Å². The predicted molar refractivity (Wildman–Crippen MR) is 70.2 cm³/mol. The van der Waals surface area contributed by atoms with E-state index in [1.54, 1.807) is 10.8 Å². The molecular formula is C11H9ClN2O6S. The van der Waals surface area contributed by atoms with Gasteiger partial charge in [-0.2, -0.15) is 9.98 Å². The molecule has 0 saturated heterocycles. The number of nitrogens with zero attached hydrogens (tertiary/aromatic N) is 1. The maximum Gasteiger partial charge on any atom is 0.322 e. The fourth-order valence-corrected chi connectivity index (χ4v) is 3.10. The van der Waals surface area contributed by atoms with Crippen LogP contribution < -0.4 is 4.72 Å². The summed E-state index contributed by atoms with van der Waals surface area (Å²) in [5.74, 6) is -3.13. The Morgan fingerprint density at radius 3 is 2.48 bits per heavy atom. The molecule has 0 aliphatic rings. The van der Waals surface area contributed by atoms with Gasteiger partial charge in [-0.1, -0.05) is 11.6 Å². The van der Waals surface area contributed by atoms with Gasteiger partial charge in [-0.25, -0.2) is 8.42 Å². The Bertz CT molecular complexity index is 725. The van der Waals surface area contributed by atoms with E-state index < -0.39 is 39.3 Å². The third-order valence-electron chi connectivity index (χ3n) is 2.32. The first kappa shape index (κ1) is 16.9. The molecule has 0 fully saturated rings. The van der Waals surface area contributed by atoms with Crippen LogP contribution in [0.15, 0.2) is 23.1 Å². The minimum Gasteiger partial charge on any atom is -0.481 e. The zero-order valence-corrected chi connectivity index (χ0v) is 11.8. The highest BCUT2D eigenvalue weighted by molar-refractivity contribution is 7.89. The molecule has 0 radical (unpaired) electrons. The Morgan fingerprint density at radius 1 is 1.38 bits per heavy atom. The first-order valence-electron chi connectivity index (χ1n) is 5.34. The first-order valence-corrected chi connectivity index (χ1v) is 7.20. The van der Waals surface area contributed by atoms with Gasteiger partial charge < -0.3 is 10.2 Å². The minimum atomic E-state index is -4.39. The number of sulfonamides is 1. The Labute approximate surface area is 124 Å². The van der Waals surface area contributed by atoms with Crippen molar-refractivity contribution in [3.05, 3.63) is 28.8 Å². The van der Waals surface area contributed by atoms with Gasteiger partial charge in [-0.15, -0.1) is 0 Å². The van der Waals surface area contributed by atoms with E-state index in [0.717, 1.165) is 6.07 Å². The first-order chi connectivity index (χ1) is 9.67. The summed E-state index contributed by atoms with van der Waals surface area (Å²) in [5.41, 5.74) is 0.00452. The number of nitrogens with one attached hydrogen (secondary N) is 1. The molecule has 112 valence electrons. The number of benzene rings is 1. The lowest BCUT2D eigenvalue weighted by atomic mass is 10.2. The topological polar surface area (TPSA) is 145 Å². The molecule has 1 aromatic rings. The molecule has 8 nitrogen and oxygen atoms in total. The van der Waals surface area contributed by atoms with Crippen LogP contribution in [0, 0.1) is 11.3 Å². The van der Waals surface area contributed by atoms with Crippen molar-refractivity contribution in [2.75, 3.05) is 0 Å².